The minimum absolute atomic E-state index is 0.259. The molecule has 0 amide bonds. The van der Waals surface area contributed by atoms with Crippen molar-refractivity contribution < 1.29 is 9.47 Å². The third kappa shape index (κ3) is 5.18. The van der Waals surface area contributed by atoms with Crippen molar-refractivity contribution in [2.24, 2.45) is 0 Å². The molecule has 1 rings (SSSR count). The van der Waals surface area contributed by atoms with E-state index in [1.54, 1.807) is 19.5 Å². The average Bonchev–Trinajstić information content (AvgIpc) is 2.37. The van der Waals surface area contributed by atoms with Gasteiger partial charge in [0.15, 0.2) is 5.82 Å². The summed E-state index contributed by atoms with van der Waals surface area (Å²) >= 11 is 3.55. The van der Waals surface area contributed by atoms with Crippen molar-refractivity contribution in [1.29, 1.82) is 0 Å². The molecule has 0 aliphatic rings. The van der Waals surface area contributed by atoms with Crippen molar-refractivity contribution in [1.82, 2.24) is 9.97 Å². The van der Waals surface area contributed by atoms with Crippen LogP contribution in [0.25, 0.3) is 0 Å². The van der Waals surface area contributed by atoms with E-state index in [0.29, 0.717) is 19.1 Å². The minimum Gasteiger partial charge on any atom is -0.477 e. The van der Waals surface area contributed by atoms with Crippen molar-refractivity contribution in [3.63, 3.8) is 0 Å². The highest BCUT2D eigenvalue weighted by molar-refractivity contribution is 9.09. The van der Waals surface area contributed by atoms with Crippen LogP contribution in [-0.2, 0) is 4.74 Å². The van der Waals surface area contributed by atoms with E-state index in [1.165, 1.54) is 0 Å². The molecule has 1 unspecified atom stereocenters. The molecular weight excluding hydrogens is 298 g/mol. The summed E-state index contributed by atoms with van der Waals surface area (Å²) < 4.78 is 10.5. The molecule has 0 N–H and O–H groups in total. The molecule has 0 saturated carbocycles. The summed E-state index contributed by atoms with van der Waals surface area (Å²) in [6, 6.07) is 0. The number of ether oxygens (including phenoxy) is 2. The van der Waals surface area contributed by atoms with Gasteiger partial charge in [0.05, 0.1) is 30.4 Å². The Bertz CT molecular complexity index is 352. The van der Waals surface area contributed by atoms with Gasteiger partial charge in [-0.25, -0.2) is 0 Å². The molecule has 0 radical (unpaired) electrons. The molecule has 0 fully saturated rings. The maximum Gasteiger partial charge on any atom is 0.234 e. The molecule has 0 aliphatic carbocycles. The Labute approximate surface area is 117 Å². The van der Waals surface area contributed by atoms with E-state index < -0.39 is 0 Å². The number of anilines is 1. The average molecular weight is 318 g/mol. The zero-order chi connectivity index (χ0) is 13.4. The van der Waals surface area contributed by atoms with Gasteiger partial charge < -0.3 is 14.4 Å². The number of hydrogen-bond acceptors (Lipinski definition) is 5. The summed E-state index contributed by atoms with van der Waals surface area (Å²) in [6.07, 6.45) is 4.32. The van der Waals surface area contributed by atoms with E-state index in [2.05, 4.69) is 32.8 Å². The lowest BCUT2D eigenvalue weighted by Gasteiger charge is -2.21. The second-order valence-corrected chi connectivity index (χ2v) is 5.29. The fourth-order valence-corrected chi connectivity index (χ4v) is 2.12. The Morgan fingerprint density at radius 3 is 2.89 bits per heavy atom. The van der Waals surface area contributed by atoms with E-state index in [1.807, 2.05) is 11.9 Å². The van der Waals surface area contributed by atoms with E-state index in [9.17, 15) is 0 Å². The first-order chi connectivity index (χ1) is 8.67. The van der Waals surface area contributed by atoms with Crippen LogP contribution in [0.4, 0.5) is 5.82 Å². The summed E-state index contributed by atoms with van der Waals surface area (Å²) in [5, 5.41) is 0. The van der Waals surface area contributed by atoms with Gasteiger partial charge in [0, 0.05) is 20.7 Å². The monoisotopic (exact) mass is 317 g/mol. The fraction of sp³-hybridized carbons (Fsp3) is 0.667. The predicted molar refractivity (Wildman–Crippen MR) is 75.7 cm³/mol. The Balaban J connectivity index is 2.58. The van der Waals surface area contributed by atoms with Gasteiger partial charge in [-0.05, 0) is 6.42 Å². The SMILES string of the molecule is CCCOc1cncc(N(C)CC(Br)COC)n1. The molecule has 0 aromatic carbocycles. The molecule has 1 atom stereocenters. The van der Waals surface area contributed by atoms with Gasteiger partial charge in [0.25, 0.3) is 0 Å². The lowest BCUT2D eigenvalue weighted by Crippen LogP contribution is -2.29. The highest BCUT2D eigenvalue weighted by atomic mass is 79.9. The van der Waals surface area contributed by atoms with E-state index >= 15 is 0 Å². The highest BCUT2D eigenvalue weighted by Gasteiger charge is 2.10. The summed E-state index contributed by atoms with van der Waals surface area (Å²) in [4.78, 5) is 10.8. The normalized spacial score (nSPS) is 12.2. The van der Waals surface area contributed by atoms with Gasteiger partial charge in [0.2, 0.25) is 5.88 Å². The predicted octanol–water partition coefficient (Wildman–Crippen LogP) is 2.11. The Kier molecular flexibility index (Phi) is 6.97. The van der Waals surface area contributed by atoms with Gasteiger partial charge in [-0.1, -0.05) is 22.9 Å². The van der Waals surface area contributed by atoms with Crippen LogP contribution < -0.4 is 9.64 Å². The van der Waals surface area contributed by atoms with E-state index in [4.69, 9.17) is 9.47 Å². The highest BCUT2D eigenvalue weighted by Crippen LogP contribution is 2.14. The van der Waals surface area contributed by atoms with Crippen molar-refractivity contribution in [2.45, 2.75) is 18.2 Å². The van der Waals surface area contributed by atoms with Crippen LogP contribution in [0.2, 0.25) is 0 Å². The largest absolute Gasteiger partial charge is 0.477 e. The van der Waals surface area contributed by atoms with Crippen LogP contribution in [0.5, 0.6) is 5.88 Å². The van der Waals surface area contributed by atoms with E-state index in [0.717, 1.165) is 18.8 Å². The molecule has 1 aromatic rings. The fourth-order valence-electron chi connectivity index (χ4n) is 1.42. The Morgan fingerprint density at radius 1 is 1.44 bits per heavy atom. The van der Waals surface area contributed by atoms with Gasteiger partial charge >= 0.3 is 0 Å². The second kappa shape index (κ2) is 8.26. The number of alkyl halides is 1. The number of rotatable bonds is 8. The number of hydrogen-bond donors (Lipinski definition) is 0. The lowest BCUT2D eigenvalue weighted by atomic mass is 10.4. The van der Waals surface area contributed by atoms with Gasteiger partial charge in [-0.15, -0.1) is 0 Å². The number of methoxy groups -OCH3 is 1. The number of nitrogens with zero attached hydrogens (tertiary/aromatic N) is 3. The first-order valence-corrected chi connectivity index (χ1v) is 6.88. The van der Waals surface area contributed by atoms with E-state index in [-0.39, 0.29) is 4.83 Å². The van der Waals surface area contributed by atoms with Gasteiger partial charge in [-0.3, -0.25) is 4.98 Å². The Hall–Kier alpha value is -0.880. The van der Waals surface area contributed by atoms with Crippen LogP contribution in [0.3, 0.4) is 0 Å². The molecule has 102 valence electrons. The molecule has 5 nitrogen and oxygen atoms in total. The molecule has 1 heterocycles. The standard InChI is InChI=1S/C12H20BrN3O2/c1-4-5-18-12-7-14-6-11(15-12)16(2)8-10(13)9-17-3/h6-7,10H,4-5,8-9H2,1-3H3. The molecule has 18 heavy (non-hydrogen) atoms. The summed E-state index contributed by atoms with van der Waals surface area (Å²) in [5.74, 6) is 1.36. The van der Waals surface area contributed by atoms with Crippen LogP contribution in [0.1, 0.15) is 13.3 Å². The zero-order valence-electron chi connectivity index (χ0n) is 11.1. The van der Waals surface area contributed by atoms with Crippen LogP contribution >= 0.6 is 15.9 Å². The molecule has 6 heteroatoms. The maximum absolute atomic E-state index is 5.46. The summed E-state index contributed by atoms with van der Waals surface area (Å²) in [6.45, 7) is 4.17. The topological polar surface area (TPSA) is 47.5 Å². The minimum atomic E-state index is 0.259. The molecule has 1 aromatic heterocycles. The Morgan fingerprint density at radius 2 is 2.22 bits per heavy atom. The molecule has 0 saturated heterocycles. The van der Waals surface area contributed by atoms with Crippen LogP contribution in [-0.4, -0.2) is 48.7 Å². The second-order valence-electron chi connectivity index (χ2n) is 4.00. The third-order valence-electron chi connectivity index (χ3n) is 2.26. The molecule has 0 spiro atoms. The van der Waals surface area contributed by atoms with Crippen molar-refractivity contribution in [2.75, 3.05) is 38.8 Å². The third-order valence-corrected chi connectivity index (χ3v) is 2.82. The van der Waals surface area contributed by atoms with Gasteiger partial charge in [-0.2, -0.15) is 4.98 Å². The first kappa shape index (κ1) is 15.2. The smallest absolute Gasteiger partial charge is 0.234 e. The van der Waals surface area contributed by atoms with Crippen LogP contribution in [0.15, 0.2) is 12.4 Å². The summed E-state index contributed by atoms with van der Waals surface area (Å²) in [5.41, 5.74) is 0. The maximum atomic E-state index is 5.46. The molecular formula is C12H20BrN3O2. The van der Waals surface area contributed by atoms with Gasteiger partial charge in [0.1, 0.15) is 0 Å². The molecule has 0 aliphatic heterocycles. The quantitative estimate of drug-likeness (QED) is 0.687. The van der Waals surface area contributed by atoms with Crippen LogP contribution in [0, 0.1) is 0 Å². The zero-order valence-corrected chi connectivity index (χ0v) is 12.7. The first-order valence-electron chi connectivity index (χ1n) is 5.96. The summed E-state index contributed by atoms with van der Waals surface area (Å²) in [7, 11) is 3.66. The molecule has 0 bridgehead atoms. The van der Waals surface area contributed by atoms with Crippen molar-refractivity contribution in [3.8, 4) is 5.88 Å². The lowest BCUT2D eigenvalue weighted by molar-refractivity contribution is 0.201. The number of aromatic nitrogens is 2. The van der Waals surface area contributed by atoms with Crippen molar-refractivity contribution in [3.05, 3.63) is 12.4 Å². The van der Waals surface area contributed by atoms with Crippen molar-refractivity contribution >= 4 is 21.7 Å². The number of halogens is 1.